The third kappa shape index (κ3) is 6.48. The number of aromatic amines is 1. The van der Waals surface area contributed by atoms with Crippen LogP contribution in [0.4, 0.5) is 4.39 Å². The number of hydrogen-bond donors (Lipinski definition) is 3. The Morgan fingerprint density at radius 2 is 1.94 bits per heavy atom. The Morgan fingerprint density at radius 3 is 2.56 bits per heavy atom. The molecule has 0 radical (unpaired) electrons. The van der Waals surface area contributed by atoms with Gasteiger partial charge in [-0.3, -0.25) is 23.7 Å². The highest BCUT2D eigenvalue weighted by molar-refractivity contribution is 7.52. The fourth-order valence-electron chi connectivity index (χ4n) is 3.47. The lowest BCUT2D eigenvalue weighted by atomic mass is 9.98. The summed E-state index contributed by atoms with van der Waals surface area (Å²) in [7, 11) is -4.30. The summed E-state index contributed by atoms with van der Waals surface area (Å²) in [6.45, 7) is 5.07. The lowest BCUT2D eigenvalue weighted by Gasteiger charge is -2.25. The molecule has 1 fully saturated rings. The van der Waals surface area contributed by atoms with Crippen LogP contribution in [0.5, 0.6) is 5.75 Å². The molecule has 3 rings (SSSR count). The Morgan fingerprint density at radius 1 is 1.28 bits per heavy atom. The number of H-pyrrole nitrogens is 1. The second kappa shape index (κ2) is 11.1. The number of hydrogen-bond acceptors (Lipinski definition) is 9. The number of carbonyl (C=O) groups is 1. The molecule has 3 N–H and O–H groups in total. The Hall–Kier alpha value is -2.83. The number of nitrogens with zero attached hydrogens (tertiary/aromatic N) is 1. The molecule has 14 heteroatoms. The maximum absolute atomic E-state index is 15.4. The van der Waals surface area contributed by atoms with Gasteiger partial charge < -0.3 is 19.1 Å². The number of ether oxygens (including phenoxy) is 2. The van der Waals surface area contributed by atoms with Gasteiger partial charge in [0, 0.05) is 12.3 Å². The highest BCUT2D eigenvalue weighted by atomic mass is 31.2. The first-order valence-electron chi connectivity index (χ1n) is 11.1. The van der Waals surface area contributed by atoms with Crippen LogP contribution >= 0.6 is 7.75 Å². The van der Waals surface area contributed by atoms with Crippen molar-refractivity contribution >= 4 is 13.7 Å². The summed E-state index contributed by atoms with van der Waals surface area (Å²) in [6, 6.07) is 7.86. The SMILES string of the molecule is CC(C)OC(=O)[C@@H](C)NP(=O)(OC[C@@H]1OC(n2ccc(=O)[nH]c2=O)[C@@](C)(F)[C@H]1O)Oc1ccccc1. The van der Waals surface area contributed by atoms with Gasteiger partial charge in [0.05, 0.1) is 12.7 Å². The number of benzene rings is 1. The maximum atomic E-state index is 15.4. The Balaban J connectivity index is 1.80. The van der Waals surface area contributed by atoms with Crippen LogP contribution < -0.4 is 20.9 Å². The zero-order valence-corrected chi connectivity index (χ0v) is 21.0. The summed E-state index contributed by atoms with van der Waals surface area (Å²) in [5, 5.41) is 13.0. The van der Waals surface area contributed by atoms with Crippen LogP contribution in [0.2, 0.25) is 0 Å². The molecule has 6 atom stereocenters. The van der Waals surface area contributed by atoms with E-state index in [1.165, 1.54) is 19.1 Å². The van der Waals surface area contributed by atoms with E-state index in [1.54, 1.807) is 32.0 Å². The number of para-hydroxylation sites is 1. The van der Waals surface area contributed by atoms with Crippen molar-refractivity contribution in [3.8, 4) is 5.75 Å². The summed E-state index contributed by atoms with van der Waals surface area (Å²) in [6.07, 6.45) is -4.21. The molecule has 1 aliphatic heterocycles. The standard InChI is InChI=1S/C22H29FN3O9P/c1-13(2)33-19(29)14(3)25-36(31,35-15-8-6-5-7-9-15)32-12-16-18(28)22(4,23)20(34-16)26-11-10-17(27)24-21(26)30/h5-11,13-14,16,18,20,28H,12H2,1-4H3,(H,25,31)(H,24,27,30)/t14-,16+,18+,20?,22+,36?/m1/s1. The average Bonchev–Trinajstić information content (AvgIpc) is 3.01. The normalized spacial score (nSPS) is 26.4. The molecule has 1 saturated heterocycles. The zero-order valence-electron chi connectivity index (χ0n) is 20.1. The van der Waals surface area contributed by atoms with Gasteiger partial charge in [0.2, 0.25) is 0 Å². The number of aliphatic hydroxyl groups excluding tert-OH is 1. The first kappa shape index (κ1) is 27.8. The number of aromatic nitrogens is 2. The van der Waals surface area contributed by atoms with E-state index in [9.17, 15) is 24.1 Å². The molecular formula is C22H29FN3O9P. The fraction of sp³-hybridized carbons (Fsp3) is 0.500. The van der Waals surface area contributed by atoms with Crippen molar-refractivity contribution < 1.29 is 37.4 Å². The first-order valence-corrected chi connectivity index (χ1v) is 12.7. The molecule has 0 amide bonds. The van der Waals surface area contributed by atoms with Crippen molar-refractivity contribution in [2.45, 2.75) is 63.9 Å². The lowest BCUT2D eigenvalue weighted by Crippen LogP contribution is -2.43. The summed E-state index contributed by atoms with van der Waals surface area (Å²) in [5.41, 5.74) is -4.12. The van der Waals surface area contributed by atoms with Gasteiger partial charge >= 0.3 is 19.4 Å². The number of nitrogens with one attached hydrogen (secondary N) is 2. The van der Waals surface area contributed by atoms with Crippen LogP contribution in [0.3, 0.4) is 0 Å². The van der Waals surface area contributed by atoms with E-state index in [1.807, 2.05) is 4.98 Å². The van der Waals surface area contributed by atoms with Gasteiger partial charge in [-0.05, 0) is 39.8 Å². The van der Waals surface area contributed by atoms with Gasteiger partial charge in [0.25, 0.3) is 5.56 Å². The van der Waals surface area contributed by atoms with Crippen LogP contribution in [0.1, 0.15) is 33.9 Å². The lowest BCUT2D eigenvalue weighted by molar-refractivity contribution is -0.149. The third-order valence-electron chi connectivity index (χ3n) is 5.26. The zero-order chi connectivity index (χ0) is 26.7. The number of carbonyl (C=O) groups excluding carboxylic acids is 1. The molecule has 0 saturated carbocycles. The predicted octanol–water partition coefficient (Wildman–Crippen LogP) is 1.66. The van der Waals surface area contributed by atoms with Crippen LogP contribution in [0, 0.1) is 0 Å². The molecule has 12 nitrogen and oxygen atoms in total. The van der Waals surface area contributed by atoms with Gasteiger partial charge in [-0.2, -0.15) is 5.09 Å². The van der Waals surface area contributed by atoms with Crippen molar-refractivity contribution in [2.75, 3.05) is 6.61 Å². The molecule has 36 heavy (non-hydrogen) atoms. The number of rotatable bonds is 10. The second-order valence-electron chi connectivity index (χ2n) is 8.67. The van der Waals surface area contributed by atoms with Crippen molar-refractivity contribution in [3.63, 3.8) is 0 Å². The van der Waals surface area contributed by atoms with Gasteiger partial charge in [0.15, 0.2) is 11.9 Å². The van der Waals surface area contributed by atoms with E-state index in [0.717, 1.165) is 23.8 Å². The van der Waals surface area contributed by atoms with E-state index >= 15 is 4.39 Å². The van der Waals surface area contributed by atoms with Crippen molar-refractivity contribution in [1.82, 2.24) is 14.6 Å². The third-order valence-corrected chi connectivity index (χ3v) is 6.90. The van der Waals surface area contributed by atoms with E-state index in [0.29, 0.717) is 0 Å². The molecule has 0 aliphatic carbocycles. The molecule has 1 aromatic heterocycles. The van der Waals surface area contributed by atoms with E-state index in [-0.39, 0.29) is 5.75 Å². The fourth-order valence-corrected chi connectivity index (χ4v) is 4.97. The Bertz CT molecular complexity index is 1220. The highest BCUT2D eigenvalue weighted by Crippen LogP contribution is 2.47. The largest absolute Gasteiger partial charge is 0.462 e. The number of esters is 1. The Labute approximate surface area is 205 Å². The smallest absolute Gasteiger partial charge is 0.459 e. The minimum Gasteiger partial charge on any atom is -0.462 e. The summed E-state index contributed by atoms with van der Waals surface area (Å²) in [4.78, 5) is 37.7. The molecule has 1 aliphatic rings. The topological polar surface area (TPSA) is 158 Å². The van der Waals surface area contributed by atoms with E-state index < -0.39 is 67.8 Å². The molecule has 2 heterocycles. The van der Waals surface area contributed by atoms with Gasteiger partial charge in [-0.15, -0.1) is 0 Å². The molecular weight excluding hydrogens is 500 g/mol. The highest BCUT2D eigenvalue weighted by Gasteiger charge is 2.55. The minimum atomic E-state index is -4.30. The quantitative estimate of drug-likeness (QED) is 0.305. The summed E-state index contributed by atoms with van der Waals surface area (Å²) < 4.78 is 51.4. The van der Waals surface area contributed by atoms with E-state index in [2.05, 4.69) is 5.09 Å². The summed E-state index contributed by atoms with van der Waals surface area (Å²) >= 11 is 0. The predicted molar refractivity (Wildman–Crippen MR) is 125 cm³/mol. The van der Waals surface area contributed by atoms with Gasteiger partial charge in [0.1, 0.15) is 24.0 Å². The van der Waals surface area contributed by atoms with Crippen molar-refractivity contribution in [3.05, 3.63) is 63.4 Å². The minimum absolute atomic E-state index is 0.152. The van der Waals surface area contributed by atoms with Crippen LogP contribution in [0.25, 0.3) is 0 Å². The molecule has 1 aromatic carbocycles. The maximum Gasteiger partial charge on any atom is 0.459 e. The van der Waals surface area contributed by atoms with Crippen molar-refractivity contribution in [1.29, 1.82) is 0 Å². The van der Waals surface area contributed by atoms with Gasteiger partial charge in [-0.1, -0.05) is 18.2 Å². The van der Waals surface area contributed by atoms with E-state index in [4.69, 9.17) is 18.5 Å². The Kier molecular flexibility index (Phi) is 8.52. The average molecular weight is 529 g/mol. The molecule has 2 aromatic rings. The summed E-state index contributed by atoms with van der Waals surface area (Å²) in [5.74, 6) is -0.560. The molecule has 2 unspecified atom stereocenters. The monoisotopic (exact) mass is 529 g/mol. The number of aliphatic hydroxyl groups is 1. The second-order valence-corrected chi connectivity index (χ2v) is 10.4. The van der Waals surface area contributed by atoms with Crippen LogP contribution in [-0.4, -0.2) is 57.3 Å². The van der Waals surface area contributed by atoms with Gasteiger partial charge in [-0.25, -0.2) is 13.8 Å². The number of halogens is 1. The van der Waals surface area contributed by atoms with Crippen molar-refractivity contribution in [2.24, 2.45) is 0 Å². The molecule has 198 valence electrons. The first-order chi connectivity index (χ1) is 16.8. The van der Waals surface area contributed by atoms with Crippen LogP contribution in [-0.2, 0) is 23.4 Å². The van der Waals surface area contributed by atoms with Crippen LogP contribution in [0.15, 0.2) is 52.2 Å². The molecule has 0 bridgehead atoms. The molecule has 0 spiro atoms. The number of alkyl halides is 1.